The third-order valence-electron chi connectivity index (χ3n) is 2.96. The van der Waals surface area contributed by atoms with Gasteiger partial charge in [-0.2, -0.15) is 0 Å². The molecular formula is C17H19FO3. The molecule has 0 fully saturated rings. The van der Waals surface area contributed by atoms with Crippen LogP contribution in [0, 0.1) is 5.82 Å². The van der Waals surface area contributed by atoms with E-state index >= 15 is 0 Å². The van der Waals surface area contributed by atoms with Gasteiger partial charge in [0.25, 0.3) is 0 Å². The van der Waals surface area contributed by atoms with Crippen LogP contribution in [-0.4, -0.2) is 11.7 Å². The summed E-state index contributed by atoms with van der Waals surface area (Å²) in [7, 11) is 0. The van der Waals surface area contributed by atoms with Crippen molar-refractivity contribution in [3.63, 3.8) is 0 Å². The van der Waals surface area contributed by atoms with Crippen LogP contribution in [0.1, 0.15) is 31.9 Å². The van der Waals surface area contributed by atoms with Gasteiger partial charge in [-0.15, -0.1) is 0 Å². The van der Waals surface area contributed by atoms with E-state index in [1.54, 1.807) is 43.3 Å². The maximum atomic E-state index is 13.9. The molecule has 0 aromatic heterocycles. The predicted octanol–water partition coefficient (Wildman–Crippen LogP) is 4.46. The minimum atomic E-state index is -0.803. The highest BCUT2D eigenvalue weighted by molar-refractivity contribution is 5.41. The molecule has 0 unspecified atom stereocenters. The van der Waals surface area contributed by atoms with E-state index in [1.807, 2.05) is 6.92 Å². The predicted molar refractivity (Wildman–Crippen MR) is 79.3 cm³/mol. The van der Waals surface area contributed by atoms with Crippen molar-refractivity contribution in [2.75, 3.05) is 6.61 Å². The van der Waals surface area contributed by atoms with Crippen LogP contribution >= 0.6 is 0 Å². The lowest BCUT2D eigenvalue weighted by Crippen LogP contribution is -1.99. The van der Waals surface area contributed by atoms with Gasteiger partial charge >= 0.3 is 0 Å². The Morgan fingerprint density at radius 3 is 2.38 bits per heavy atom. The minimum absolute atomic E-state index is 0.0507. The highest BCUT2D eigenvalue weighted by Gasteiger charge is 2.14. The van der Waals surface area contributed by atoms with E-state index in [0.717, 1.165) is 12.2 Å². The molecule has 0 saturated carbocycles. The van der Waals surface area contributed by atoms with Gasteiger partial charge in [-0.3, -0.25) is 0 Å². The molecule has 112 valence electrons. The summed E-state index contributed by atoms with van der Waals surface area (Å²) in [4.78, 5) is 0. The van der Waals surface area contributed by atoms with Gasteiger partial charge in [-0.05, 0) is 43.7 Å². The van der Waals surface area contributed by atoms with E-state index < -0.39 is 11.9 Å². The average molecular weight is 290 g/mol. The number of aliphatic hydroxyl groups is 1. The topological polar surface area (TPSA) is 38.7 Å². The Morgan fingerprint density at radius 2 is 1.76 bits per heavy atom. The zero-order valence-corrected chi connectivity index (χ0v) is 12.2. The summed E-state index contributed by atoms with van der Waals surface area (Å²) < 4.78 is 24.9. The normalized spacial score (nSPS) is 12.0. The number of ether oxygens (including phenoxy) is 2. The van der Waals surface area contributed by atoms with Crippen LogP contribution in [0.2, 0.25) is 0 Å². The highest BCUT2D eigenvalue weighted by Crippen LogP contribution is 2.32. The molecular weight excluding hydrogens is 271 g/mol. The van der Waals surface area contributed by atoms with Crippen molar-refractivity contribution in [2.45, 2.75) is 26.4 Å². The maximum absolute atomic E-state index is 13.9. The van der Waals surface area contributed by atoms with Crippen molar-refractivity contribution >= 4 is 0 Å². The second-order valence-electron chi connectivity index (χ2n) is 4.76. The lowest BCUT2D eigenvalue weighted by atomic mass is 10.1. The first-order chi connectivity index (χ1) is 10.1. The van der Waals surface area contributed by atoms with Gasteiger partial charge in [0.2, 0.25) is 0 Å². The Labute approximate surface area is 124 Å². The number of hydrogen-bond acceptors (Lipinski definition) is 3. The molecule has 1 N–H and O–H groups in total. The summed E-state index contributed by atoms with van der Waals surface area (Å²) in [6, 6.07) is 11.5. The number of hydrogen-bond donors (Lipinski definition) is 1. The first-order valence-electron chi connectivity index (χ1n) is 6.99. The molecule has 2 aromatic rings. The Hall–Kier alpha value is -2.07. The van der Waals surface area contributed by atoms with Crippen LogP contribution in [0.3, 0.4) is 0 Å². The molecule has 21 heavy (non-hydrogen) atoms. The molecule has 0 amide bonds. The Bertz CT molecular complexity index is 579. The SMILES string of the molecule is CCCOc1ccc(Oc2c(F)cccc2[C@@H](C)O)cc1. The van der Waals surface area contributed by atoms with E-state index in [-0.39, 0.29) is 5.75 Å². The summed E-state index contributed by atoms with van der Waals surface area (Å²) in [5, 5.41) is 9.68. The van der Waals surface area contributed by atoms with Gasteiger partial charge in [0, 0.05) is 5.56 Å². The molecule has 1 atom stereocenters. The molecule has 0 saturated heterocycles. The Morgan fingerprint density at radius 1 is 1.10 bits per heavy atom. The van der Waals surface area contributed by atoms with E-state index in [1.165, 1.54) is 6.07 Å². The van der Waals surface area contributed by atoms with Gasteiger partial charge in [-0.25, -0.2) is 4.39 Å². The van der Waals surface area contributed by atoms with Crippen LogP contribution in [0.15, 0.2) is 42.5 Å². The zero-order chi connectivity index (χ0) is 15.2. The Balaban J connectivity index is 2.18. The summed E-state index contributed by atoms with van der Waals surface area (Å²) in [5.41, 5.74) is 0.418. The largest absolute Gasteiger partial charge is 0.494 e. The van der Waals surface area contributed by atoms with Crippen molar-refractivity contribution in [3.05, 3.63) is 53.8 Å². The number of para-hydroxylation sites is 1. The van der Waals surface area contributed by atoms with Crippen molar-refractivity contribution in [3.8, 4) is 17.2 Å². The van der Waals surface area contributed by atoms with Crippen molar-refractivity contribution in [2.24, 2.45) is 0 Å². The van der Waals surface area contributed by atoms with Crippen LogP contribution in [0.25, 0.3) is 0 Å². The molecule has 2 rings (SSSR count). The third kappa shape index (κ3) is 3.95. The molecule has 4 heteroatoms. The first-order valence-corrected chi connectivity index (χ1v) is 6.99. The van der Waals surface area contributed by atoms with E-state index in [2.05, 4.69) is 0 Å². The monoisotopic (exact) mass is 290 g/mol. The van der Waals surface area contributed by atoms with Crippen LogP contribution in [-0.2, 0) is 0 Å². The second-order valence-corrected chi connectivity index (χ2v) is 4.76. The lowest BCUT2D eigenvalue weighted by molar-refractivity contribution is 0.194. The fourth-order valence-electron chi connectivity index (χ4n) is 1.90. The summed E-state index contributed by atoms with van der Waals surface area (Å²) in [5.74, 6) is 0.786. The van der Waals surface area contributed by atoms with Crippen LogP contribution in [0.4, 0.5) is 4.39 Å². The number of rotatable bonds is 6. The maximum Gasteiger partial charge on any atom is 0.168 e. The molecule has 0 bridgehead atoms. The van der Waals surface area contributed by atoms with E-state index in [9.17, 15) is 9.50 Å². The smallest absolute Gasteiger partial charge is 0.168 e. The van der Waals surface area contributed by atoms with Gasteiger partial charge in [0.05, 0.1) is 12.7 Å². The first kappa shape index (κ1) is 15.3. The van der Waals surface area contributed by atoms with Crippen LogP contribution in [0.5, 0.6) is 17.2 Å². The molecule has 0 spiro atoms. The average Bonchev–Trinajstić information content (AvgIpc) is 2.48. The molecule has 0 radical (unpaired) electrons. The molecule has 3 nitrogen and oxygen atoms in total. The molecule has 0 heterocycles. The van der Waals surface area contributed by atoms with Gasteiger partial charge in [-0.1, -0.05) is 19.1 Å². The second kappa shape index (κ2) is 7.09. The van der Waals surface area contributed by atoms with Crippen molar-refractivity contribution in [1.29, 1.82) is 0 Å². The summed E-state index contributed by atoms with van der Waals surface area (Å²) in [6.45, 7) is 4.26. The Kier molecular flexibility index (Phi) is 5.17. The standard InChI is InChI=1S/C17H19FO3/c1-3-11-20-13-7-9-14(10-8-13)21-17-15(12(2)19)5-4-6-16(17)18/h4-10,12,19H,3,11H2,1-2H3/t12-/m1/s1. The lowest BCUT2D eigenvalue weighted by Gasteiger charge is -2.14. The van der Waals surface area contributed by atoms with Crippen molar-refractivity contribution < 1.29 is 19.0 Å². The van der Waals surface area contributed by atoms with E-state index in [0.29, 0.717) is 17.9 Å². The fraction of sp³-hybridized carbons (Fsp3) is 0.294. The quantitative estimate of drug-likeness (QED) is 0.853. The number of aliphatic hydroxyl groups excluding tert-OH is 1. The summed E-state index contributed by atoms with van der Waals surface area (Å²) >= 11 is 0. The fourth-order valence-corrected chi connectivity index (χ4v) is 1.90. The minimum Gasteiger partial charge on any atom is -0.494 e. The summed E-state index contributed by atoms with van der Waals surface area (Å²) in [6.07, 6.45) is 0.133. The number of benzene rings is 2. The molecule has 0 aliphatic rings. The highest BCUT2D eigenvalue weighted by atomic mass is 19.1. The molecule has 0 aliphatic carbocycles. The molecule has 2 aromatic carbocycles. The van der Waals surface area contributed by atoms with Crippen molar-refractivity contribution in [1.82, 2.24) is 0 Å². The third-order valence-corrected chi connectivity index (χ3v) is 2.96. The van der Waals surface area contributed by atoms with Gasteiger partial charge < -0.3 is 14.6 Å². The van der Waals surface area contributed by atoms with Gasteiger partial charge in [0.15, 0.2) is 11.6 Å². The molecule has 0 aliphatic heterocycles. The zero-order valence-electron chi connectivity index (χ0n) is 12.2. The van der Waals surface area contributed by atoms with Crippen LogP contribution < -0.4 is 9.47 Å². The van der Waals surface area contributed by atoms with Gasteiger partial charge in [0.1, 0.15) is 11.5 Å². The van der Waals surface area contributed by atoms with E-state index in [4.69, 9.17) is 9.47 Å². The number of halogens is 1.